The van der Waals surface area contributed by atoms with E-state index < -0.39 is 0 Å². The Hall–Kier alpha value is -1.03. The van der Waals surface area contributed by atoms with Gasteiger partial charge in [-0.3, -0.25) is 4.79 Å². The molecule has 2 rings (SSSR count). The van der Waals surface area contributed by atoms with Gasteiger partial charge in [0.2, 0.25) is 0 Å². The first kappa shape index (κ1) is 16.0. The molecule has 104 valence electrons. The number of aliphatic hydroxyl groups is 1. The molecule has 0 spiro atoms. The fourth-order valence-corrected chi connectivity index (χ4v) is 2.19. The number of piperidine rings is 1. The Morgan fingerprint density at radius 1 is 1.26 bits per heavy atom. The van der Waals surface area contributed by atoms with Crippen molar-refractivity contribution in [1.82, 2.24) is 5.32 Å². The number of carbonyl (C=O) groups is 1. The highest BCUT2D eigenvalue weighted by Gasteiger charge is 2.19. The van der Waals surface area contributed by atoms with Gasteiger partial charge in [-0.25, -0.2) is 0 Å². The maximum absolute atomic E-state index is 12.0. The molecule has 1 aromatic rings. The van der Waals surface area contributed by atoms with E-state index in [1.165, 1.54) is 6.08 Å². The molecule has 1 aromatic carbocycles. The van der Waals surface area contributed by atoms with E-state index in [4.69, 9.17) is 11.6 Å². The van der Waals surface area contributed by atoms with E-state index in [0.29, 0.717) is 10.6 Å². The lowest BCUT2D eigenvalue weighted by Gasteiger charge is -2.20. The van der Waals surface area contributed by atoms with Crippen molar-refractivity contribution in [2.45, 2.75) is 12.8 Å². The van der Waals surface area contributed by atoms with Gasteiger partial charge < -0.3 is 10.4 Å². The lowest BCUT2D eigenvalue weighted by Crippen LogP contribution is -2.31. The van der Waals surface area contributed by atoms with Crippen LogP contribution in [0.4, 0.5) is 0 Å². The molecule has 1 aliphatic heterocycles. The van der Waals surface area contributed by atoms with Crippen LogP contribution in [-0.4, -0.2) is 24.0 Å². The summed E-state index contributed by atoms with van der Waals surface area (Å²) in [7, 11) is 0. The highest BCUT2D eigenvalue weighted by Crippen LogP contribution is 2.18. The van der Waals surface area contributed by atoms with E-state index in [9.17, 15) is 9.90 Å². The lowest BCUT2D eigenvalue weighted by molar-refractivity contribution is -0.118. The molecule has 0 aliphatic carbocycles. The molecule has 0 atom stereocenters. The molecule has 0 aromatic heterocycles. The van der Waals surface area contributed by atoms with Gasteiger partial charge in [-0.05, 0) is 50.2 Å². The van der Waals surface area contributed by atoms with E-state index >= 15 is 0 Å². The highest BCUT2D eigenvalue weighted by atomic mass is 35.5. The molecule has 1 saturated heterocycles. The number of nitrogens with one attached hydrogen (secondary N) is 1. The van der Waals surface area contributed by atoms with Crippen LogP contribution in [0.3, 0.4) is 0 Å². The van der Waals surface area contributed by atoms with E-state index in [-0.39, 0.29) is 29.9 Å². The van der Waals surface area contributed by atoms with Crippen molar-refractivity contribution in [2.24, 2.45) is 5.92 Å². The fourth-order valence-electron chi connectivity index (χ4n) is 2.06. The van der Waals surface area contributed by atoms with Crippen LogP contribution in [0, 0.1) is 5.92 Å². The zero-order chi connectivity index (χ0) is 13.0. The molecular weight excluding hydrogens is 285 g/mol. The fraction of sp³-hybridized carbons (Fsp3) is 0.357. The summed E-state index contributed by atoms with van der Waals surface area (Å²) in [6, 6.07) is 6.78. The highest BCUT2D eigenvalue weighted by molar-refractivity contribution is 6.30. The maximum atomic E-state index is 12.0. The Bertz CT molecular complexity index is 451. The third-order valence-electron chi connectivity index (χ3n) is 3.16. The summed E-state index contributed by atoms with van der Waals surface area (Å²) in [4.78, 5) is 12.0. The Labute approximate surface area is 124 Å². The van der Waals surface area contributed by atoms with Crippen molar-refractivity contribution in [2.75, 3.05) is 13.1 Å². The summed E-state index contributed by atoms with van der Waals surface area (Å²) in [6.07, 6.45) is 3.01. The molecule has 3 nitrogen and oxygen atoms in total. The number of benzene rings is 1. The van der Waals surface area contributed by atoms with Crippen LogP contribution in [-0.2, 0) is 4.79 Å². The van der Waals surface area contributed by atoms with Gasteiger partial charge in [0.15, 0.2) is 5.78 Å². The van der Waals surface area contributed by atoms with Crippen molar-refractivity contribution in [3.8, 4) is 0 Å². The summed E-state index contributed by atoms with van der Waals surface area (Å²) in [5.41, 5.74) is 0.613. The topological polar surface area (TPSA) is 49.3 Å². The van der Waals surface area contributed by atoms with Crippen molar-refractivity contribution in [3.63, 3.8) is 0 Å². The minimum atomic E-state index is 0. The molecule has 0 saturated carbocycles. The number of ketones is 1. The summed E-state index contributed by atoms with van der Waals surface area (Å²) >= 11 is 5.77. The van der Waals surface area contributed by atoms with Crippen LogP contribution < -0.4 is 5.32 Å². The van der Waals surface area contributed by atoms with Gasteiger partial charge >= 0.3 is 0 Å². The average Bonchev–Trinajstić information content (AvgIpc) is 2.40. The molecule has 1 fully saturated rings. The molecule has 0 amide bonds. The zero-order valence-corrected chi connectivity index (χ0v) is 12.0. The largest absolute Gasteiger partial charge is 0.507 e. The quantitative estimate of drug-likeness (QED) is 0.666. The SMILES string of the molecule is Cl.O=C(C=C(O)c1ccc(Cl)cc1)C1CCNCC1. The molecule has 5 heteroatoms. The summed E-state index contributed by atoms with van der Waals surface area (Å²) in [6.45, 7) is 1.73. The van der Waals surface area contributed by atoms with E-state index in [1.54, 1.807) is 24.3 Å². The second kappa shape index (κ2) is 7.53. The predicted molar refractivity (Wildman–Crippen MR) is 79.9 cm³/mol. The van der Waals surface area contributed by atoms with Crippen LogP contribution in [0.1, 0.15) is 18.4 Å². The van der Waals surface area contributed by atoms with Crippen molar-refractivity contribution in [1.29, 1.82) is 0 Å². The predicted octanol–water partition coefficient (Wildman–Crippen LogP) is 3.23. The van der Waals surface area contributed by atoms with Crippen molar-refractivity contribution < 1.29 is 9.90 Å². The molecule has 0 unspecified atom stereocenters. The molecule has 2 N–H and O–H groups in total. The van der Waals surface area contributed by atoms with E-state index in [2.05, 4.69) is 5.32 Å². The molecule has 0 bridgehead atoms. The molecule has 19 heavy (non-hydrogen) atoms. The minimum Gasteiger partial charge on any atom is -0.507 e. The number of allylic oxidation sites excluding steroid dienone is 1. The Morgan fingerprint density at radius 2 is 1.84 bits per heavy atom. The minimum absolute atomic E-state index is 0. The van der Waals surface area contributed by atoms with Crippen LogP contribution >= 0.6 is 24.0 Å². The van der Waals surface area contributed by atoms with Crippen LogP contribution in [0.2, 0.25) is 5.02 Å². The van der Waals surface area contributed by atoms with Gasteiger partial charge in [0, 0.05) is 22.6 Å². The number of aliphatic hydroxyl groups excluding tert-OH is 1. The standard InChI is InChI=1S/C14H16ClNO2.ClH/c15-12-3-1-10(2-4-12)13(17)9-14(18)11-5-7-16-8-6-11;/h1-4,9,11,16-17H,5-8H2;1H. The van der Waals surface area contributed by atoms with E-state index in [1.807, 2.05) is 0 Å². The van der Waals surface area contributed by atoms with Gasteiger partial charge in [-0.15, -0.1) is 12.4 Å². The Kier molecular flexibility index (Phi) is 6.35. The number of hydrogen-bond acceptors (Lipinski definition) is 3. The molecule has 0 radical (unpaired) electrons. The van der Waals surface area contributed by atoms with Gasteiger partial charge in [-0.1, -0.05) is 11.6 Å². The van der Waals surface area contributed by atoms with Gasteiger partial charge in [-0.2, -0.15) is 0 Å². The first-order chi connectivity index (χ1) is 8.66. The van der Waals surface area contributed by atoms with Crippen LogP contribution in [0.25, 0.3) is 5.76 Å². The summed E-state index contributed by atoms with van der Waals surface area (Å²) in [5.74, 6) is 0.0415. The second-order valence-corrected chi connectivity index (χ2v) is 4.90. The molecule has 1 heterocycles. The van der Waals surface area contributed by atoms with Crippen LogP contribution in [0.5, 0.6) is 0 Å². The zero-order valence-electron chi connectivity index (χ0n) is 10.4. The summed E-state index contributed by atoms with van der Waals surface area (Å²) in [5, 5.41) is 13.7. The lowest BCUT2D eigenvalue weighted by atomic mass is 9.93. The number of halogens is 2. The Morgan fingerprint density at radius 3 is 2.42 bits per heavy atom. The first-order valence-electron chi connectivity index (χ1n) is 6.08. The van der Waals surface area contributed by atoms with Gasteiger partial charge in [0.1, 0.15) is 5.76 Å². The smallest absolute Gasteiger partial charge is 0.162 e. The Balaban J connectivity index is 0.00000180. The second-order valence-electron chi connectivity index (χ2n) is 4.46. The third-order valence-corrected chi connectivity index (χ3v) is 3.41. The normalized spacial score (nSPS) is 16.8. The summed E-state index contributed by atoms with van der Waals surface area (Å²) < 4.78 is 0. The van der Waals surface area contributed by atoms with Crippen molar-refractivity contribution in [3.05, 3.63) is 40.9 Å². The number of hydrogen-bond donors (Lipinski definition) is 2. The van der Waals surface area contributed by atoms with Gasteiger partial charge in [0.05, 0.1) is 0 Å². The monoisotopic (exact) mass is 301 g/mol. The van der Waals surface area contributed by atoms with Gasteiger partial charge in [0.25, 0.3) is 0 Å². The molecule has 1 aliphatic rings. The third kappa shape index (κ3) is 4.53. The van der Waals surface area contributed by atoms with E-state index in [0.717, 1.165) is 25.9 Å². The first-order valence-corrected chi connectivity index (χ1v) is 6.46. The molecular formula is C14H17Cl2NO2. The maximum Gasteiger partial charge on any atom is 0.162 e. The van der Waals surface area contributed by atoms with Crippen LogP contribution in [0.15, 0.2) is 30.3 Å². The number of rotatable bonds is 3. The number of carbonyl (C=O) groups excluding carboxylic acids is 1. The average molecular weight is 302 g/mol. The van der Waals surface area contributed by atoms with Crippen molar-refractivity contribution >= 4 is 35.6 Å².